The predicted octanol–water partition coefficient (Wildman–Crippen LogP) is 4.93. The molecular formula is C16H11ClN4OS. The van der Waals surface area contributed by atoms with Crippen LogP contribution in [0.5, 0.6) is 0 Å². The second-order valence-electron chi connectivity index (χ2n) is 4.91. The summed E-state index contributed by atoms with van der Waals surface area (Å²) in [6.45, 7) is 1.91. The summed E-state index contributed by atoms with van der Waals surface area (Å²) >= 11 is 7.43. The fourth-order valence-electron chi connectivity index (χ4n) is 2.30. The molecule has 114 valence electrons. The molecule has 4 aromatic rings. The Labute approximate surface area is 140 Å². The van der Waals surface area contributed by atoms with Crippen LogP contribution in [0.2, 0.25) is 4.34 Å². The van der Waals surface area contributed by atoms with Crippen LogP contribution in [-0.2, 0) is 0 Å². The van der Waals surface area contributed by atoms with Gasteiger partial charge < -0.3 is 4.42 Å². The molecule has 1 N–H and O–H groups in total. The quantitative estimate of drug-likeness (QED) is 0.423. The number of nitrogens with zero attached hydrogens (tertiary/aromatic N) is 3. The second kappa shape index (κ2) is 5.64. The van der Waals surface area contributed by atoms with Crippen molar-refractivity contribution in [3.63, 3.8) is 0 Å². The van der Waals surface area contributed by atoms with E-state index >= 15 is 0 Å². The first-order valence-electron chi connectivity index (χ1n) is 6.90. The minimum absolute atomic E-state index is 0.535. The summed E-state index contributed by atoms with van der Waals surface area (Å²) in [6, 6.07) is 11.5. The maximum Gasteiger partial charge on any atom is 0.197 e. The van der Waals surface area contributed by atoms with E-state index in [0.29, 0.717) is 11.4 Å². The van der Waals surface area contributed by atoms with E-state index < -0.39 is 0 Å². The number of furan rings is 1. The molecule has 0 saturated heterocycles. The Morgan fingerprint density at radius 3 is 2.91 bits per heavy atom. The molecule has 3 aromatic heterocycles. The van der Waals surface area contributed by atoms with Gasteiger partial charge in [0, 0.05) is 5.39 Å². The lowest BCUT2D eigenvalue weighted by atomic mass is 10.2. The highest BCUT2D eigenvalue weighted by Crippen LogP contribution is 2.30. The molecule has 0 saturated carbocycles. The Morgan fingerprint density at radius 2 is 2.09 bits per heavy atom. The normalized spacial score (nSPS) is 12.2. The van der Waals surface area contributed by atoms with Gasteiger partial charge in [-0.05, 0) is 31.2 Å². The molecule has 0 aliphatic heterocycles. The highest BCUT2D eigenvalue weighted by Gasteiger charge is 2.12. The molecule has 0 radical (unpaired) electrons. The summed E-state index contributed by atoms with van der Waals surface area (Å²) in [6.07, 6.45) is 1.50. The predicted molar refractivity (Wildman–Crippen MR) is 94.5 cm³/mol. The molecule has 0 atom stereocenters. The number of fused-ring (bicyclic) bond motifs is 3. The van der Waals surface area contributed by atoms with Gasteiger partial charge in [0.05, 0.1) is 14.9 Å². The van der Waals surface area contributed by atoms with Crippen molar-refractivity contribution in [2.75, 3.05) is 5.43 Å². The van der Waals surface area contributed by atoms with Gasteiger partial charge in [0.25, 0.3) is 0 Å². The number of halogens is 1. The van der Waals surface area contributed by atoms with Crippen LogP contribution < -0.4 is 5.43 Å². The Balaban J connectivity index is 1.74. The summed E-state index contributed by atoms with van der Waals surface area (Å²) in [4.78, 5) is 9.53. The van der Waals surface area contributed by atoms with Crippen molar-refractivity contribution in [2.24, 2.45) is 5.10 Å². The van der Waals surface area contributed by atoms with E-state index in [9.17, 15) is 0 Å². The number of hydrogen-bond acceptors (Lipinski definition) is 6. The van der Waals surface area contributed by atoms with Crippen LogP contribution in [0.1, 0.15) is 11.8 Å². The van der Waals surface area contributed by atoms with Crippen LogP contribution in [0, 0.1) is 0 Å². The zero-order valence-corrected chi connectivity index (χ0v) is 13.6. The largest absolute Gasteiger partial charge is 0.450 e. The van der Waals surface area contributed by atoms with E-state index in [2.05, 4.69) is 20.5 Å². The summed E-state index contributed by atoms with van der Waals surface area (Å²) < 4.78 is 6.58. The average Bonchev–Trinajstić information content (AvgIpc) is 3.16. The summed E-state index contributed by atoms with van der Waals surface area (Å²) in [5, 5.41) is 5.32. The number of anilines is 1. The molecule has 5 nitrogen and oxygen atoms in total. The van der Waals surface area contributed by atoms with E-state index in [1.807, 2.05) is 43.3 Å². The van der Waals surface area contributed by atoms with Crippen LogP contribution in [0.3, 0.4) is 0 Å². The van der Waals surface area contributed by atoms with Crippen LogP contribution in [0.15, 0.2) is 52.2 Å². The molecule has 1 aromatic carbocycles. The minimum atomic E-state index is 0.535. The van der Waals surface area contributed by atoms with Crippen molar-refractivity contribution in [1.29, 1.82) is 0 Å². The number of benzene rings is 1. The van der Waals surface area contributed by atoms with Crippen molar-refractivity contribution in [3.8, 4) is 0 Å². The summed E-state index contributed by atoms with van der Waals surface area (Å²) in [7, 11) is 0. The van der Waals surface area contributed by atoms with Crippen molar-refractivity contribution >= 4 is 56.5 Å². The third-order valence-corrected chi connectivity index (χ3v) is 4.76. The fourth-order valence-corrected chi connectivity index (χ4v) is 3.29. The molecule has 3 heterocycles. The van der Waals surface area contributed by atoms with Crippen LogP contribution >= 0.6 is 22.9 Å². The molecule has 7 heteroatoms. The van der Waals surface area contributed by atoms with Crippen LogP contribution in [0.25, 0.3) is 22.1 Å². The minimum Gasteiger partial charge on any atom is -0.450 e. The SMILES string of the molecule is C/C(=N/Nc1ncnc2c1oc1ccccc12)c1ccc(Cl)s1. The lowest BCUT2D eigenvalue weighted by Gasteiger charge is -2.01. The van der Waals surface area contributed by atoms with E-state index in [0.717, 1.165) is 31.4 Å². The van der Waals surface area contributed by atoms with Crippen molar-refractivity contribution in [2.45, 2.75) is 6.92 Å². The Morgan fingerprint density at radius 1 is 1.22 bits per heavy atom. The maximum absolute atomic E-state index is 5.95. The highest BCUT2D eigenvalue weighted by atomic mass is 35.5. The van der Waals surface area contributed by atoms with Gasteiger partial charge in [0.1, 0.15) is 17.4 Å². The van der Waals surface area contributed by atoms with Gasteiger partial charge in [-0.1, -0.05) is 23.7 Å². The van der Waals surface area contributed by atoms with E-state index in [-0.39, 0.29) is 0 Å². The van der Waals surface area contributed by atoms with Crippen LogP contribution in [-0.4, -0.2) is 15.7 Å². The Hall–Kier alpha value is -2.44. The standard InChI is InChI=1S/C16H11ClN4OS/c1-9(12-6-7-13(17)23-12)20-21-16-15-14(18-8-19-16)10-4-2-3-5-11(10)22-15/h2-8H,1H3,(H,18,19,21)/b20-9-. The van der Waals surface area contributed by atoms with Gasteiger partial charge in [-0.25, -0.2) is 9.97 Å². The van der Waals surface area contributed by atoms with Gasteiger partial charge in [0.15, 0.2) is 11.4 Å². The molecule has 0 spiro atoms. The molecule has 0 bridgehead atoms. The monoisotopic (exact) mass is 342 g/mol. The van der Waals surface area contributed by atoms with Gasteiger partial charge in [-0.2, -0.15) is 5.10 Å². The van der Waals surface area contributed by atoms with Gasteiger partial charge >= 0.3 is 0 Å². The number of hydrogen-bond donors (Lipinski definition) is 1. The molecule has 0 unspecified atom stereocenters. The number of para-hydroxylation sites is 1. The molecule has 4 rings (SSSR count). The van der Waals surface area contributed by atoms with E-state index in [4.69, 9.17) is 16.0 Å². The molecule has 0 aliphatic rings. The van der Waals surface area contributed by atoms with E-state index in [1.54, 1.807) is 0 Å². The number of nitrogens with one attached hydrogen (secondary N) is 1. The molecule has 0 fully saturated rings. The smallest absolute Gasteiger partial charge is 0.197 e. The Bertz CT molecular complexity index is 1040. The number of hydrazone groups is 1. The zero-order chi connectivity index (χ0) is 15.8. The molecule has 0 aliphatic carbocycles. The molecule has 0 amide bonds. The lowest BCUT2D eigenvalue weighted by molar-refractivity contribution is 0.667. The first-order valence-corrected chi connectivity index (χ1v) is 8.10. The van der Waals surface area contributed by atoms with Gasteiger partial charge in [-0.3, -0.25) is 5.43 Å². The van der Waals surface area contributed by atoms with Crippen LogP contribution in [0.4, 0.5) is 5.82 Å². The fraction of sp³-hybridized carbons (Fsp3) is 0.0625. The third kappa shape index (κ3) is 2.56. The average molecular weight is 343 g/mol. The number of aromatic nitrogens is 2. The van der Waals surface area contributed by atoms with Crippen molar-refractivity contribution in [3.05, 3.63) is 51.9 Å². The molecular weight excluding hydrogens is 332 g/mol. The summed E-state index contributed by atoms with van der Waals surface area (Å²) in [5.41, 5.74) is 5.92. The van der Waals surface area contributed by atoms with Gasteiger partial charge in [-0.15, -0.1) is 11.3 Å². The number of rotatable bonds is 3. The zero-order valence-electron chi connectivity index (χ0n) is 12.1. The molecule has 23 heavy (non-hydrogen) atoms. The highest BCUT2D eigenvalue weighted by molar-refractivity contribution is 7.18. The van der Waals surface area contributed by atoms with E-state index in [1.165, 1.54) is 17.7 Å². The first kappa shape index (κ1) is 14.2. The van der Waals surface area contributed by atoms with Gasteiger partial charge in [0.2, 0.25) is 0 Å². The topological polar surface area (TPSA) is 63.3 Å². The van der Waals surface area contributed by atoms with Crippen molar-refractivity contribution < 1.29 is 4.42 Å². The Kier molecular flexibility index (Phi) is 3.48. The summed E-state index contributed by atoms with van der Waals surface area (Å²) in [5.74, 6) is 0.535. The lowest BCUT2D eigenvalue weighted by Crippen LogP contribution is -1.99. The number of thiophene rings is 1. The third-order valence-electron chi connectivity index (χ3n) is 3.42. The first-order chi connectivity index (χ1) is 11.2. The van der Waals surface area contributed by atoms with Crippen molar-refractivity contribution in [1.82, 2.24) is 9.97 Å². The second-order valence-corrected chi connectivity index (χ2v) is 6.63. The maximum atomic E-state index is 5.95.